The van der Waals surface area contributed by atoms with Gasteiger partial charge in [-0.2, -0.15) is 0 Å². The average molecular weight is 415 g/mol. The molecule has 29 heavy (non-hydrogen) atoms. The molecular formula is C22H27ClN4O2. The predicted molar refractivity (Wildman–Crippen MR) is 115 cm³/mol. The van der Waals surface area contributed by atoms with E-state index < -0.39 is 0 Å². The number of aryl methyl sites for hydroxylation is 1. The van der Waals surface area contributed by atoms with Crippen LogP contribution in [-0.2, 0) is 11.3 Å². The molecule has 3 aromatic rings. The van der Waals surface area contributed by atoms with Crippen LogP contribution in [0.25, 0.3) is 22.3 Å². The van der Waals surface area contributed by atoms with Crippen LogP contribution in [0.4, 0.5) is 0 Å². The van der Waals surface area contributed by atoms with Crippen LogP contribution in [0.5, 0.6) is 5.75 Å². The number of phenolic OH excluding ortho intramolecular Hbond substituents is 1. The van der Waals surface area contributed by atoms with Gasteiger partial charge in [-0.1, -0.05) is 11.6 Å². The Kier molecular flexibility index (Phi) is 6.04. The van der Waals surface area contributed by atoms with Gasteiger partial charge in [-0.3, -0.25) is 0 Å². The van der Waals surface area contributed by atoms with E-state index in [0.29, 0.717) is 22.2 Å². The highest BCUT2D eigenvalue weighted by Crippen LogP contribution is 2.35. The molecule has 0 radical (unpaired) electrons. The lowest BCUT2D eigenvalue weighted by molar-refractivity contribution is 0.117. The van der Waals surface area contributed by atoms with E-state index >= 15 is 0 Å². The minimum Gasteiger partial charge on any atom is -0.507 e. The summed E-state index contributed by atoms with van der Waals surface area (Å²) in [6.07, 6.45) is 4.47. The molecule has 6 nitrogen and oxygen atoms in total. The SMILES string of the molecule is COCCN1CCC(Cn2ccc3cc(-c4c(C)cc(Cl)cc4O)nnc32)CC1. The highest BCUT2D eigenvalue weighted by Gasteiger charge is 2.20. The zero-order valence-corrected chi connectivity index (χ0v) is 17.7. The zero-order valence-electron chi connectivity index (χ0n) is 16.9. The minimum absolute atomic E-state index is 0.128. The largest absolute Gasteiger partial charge is 0.507 e. The van der Waals surface area contributed by atoms with Crippen LogP contribution in [0.15, 0.2) is 30.5 Å². The van der Waals surface area contributed by atoms with Crippen LogP contribution in [0.2, 0.25) is 5.02 Å². The molecule has 1 fully saturated rings. The molecule has 1 N–H and O–H groups in total. The molecule has 7 heteroatoms. The first kappa shape index (κ1) is 20.1. The number of phenols is 1. The zero-order chi connectivity index (χ0) is 20.4. The second kappa shape index (κ2) is 8.69. The number of hydrogen-bond acceptors (Lipinski definition) is 5. The van der Waals surface area contributed by atoms with Gasteiger partial charge in [0.2, 0.25) is 0 Å². The molecule has 1 aliphatic rings. The Labute approximate surface area is 176 Å². The number of nitrogens with zero attached hydrogens (tertiary/aromatic N) is 4. The van der Waals surface area contributed by atoms with Gasteiger partial charge in [0, 0.05) is 42.4 Å². The fraction of sp³-hybridized carbons (Fsp3) is 0.455. The number of aromatic hydroxyl groups is 1. The maximum absolute atomic E-state index is 10.3. The monoisotopic (exact) mass is 414 g/mol. The maximum Gasteiger partial charge on any atom is 0.162 e. The Morgan fingerprint density at radius 3 is 2.72 bits per heavy atom. The van der Waals surface area contributed by atoms with E-state index in [4.69, 9.17) is 16.3 Å². The number of hydrogen-bond donors (Lipinski definition) is 1. The van der Waals surface area contributed by atoms with E-state index in [1.807, 2.05) is 19.1 Å². The van der Waals surface area contributed by atoms with E-state index in [1.165, 1.54) is 12.8 Å². The van der Waals surface area contributed by atoms with Crippen molar-refractivity contribution >= 4 is 22.6 Å². The molecule has 0 spiro atoms. The summed E-state index contributed by atoms with van der Waals surface area (Å²) in [6, 6.07) is 7.43. The van der Waals surface area contributed by atoms with Crippen LogP contribution in [0.3, 0.4) is 0 Å². The van der Waals surface area contributed by atoms with E-state index in [1.54, 1.807) is 13.2 Å². The second-order valence-corrected chi connectivity index (χ2v) is 8.31. The van der Waals surface area contributed by atoms with Crippen molar-refractivity contribution in [1.82, 2.24) is 19.7 Å². The Bertz CT molecular complexity index is 973. The molecule has 2 aromatic heterocycles. The summed E-state index contributed by atoms with van der Waals surface area (Å²) in [7, 11) is 1.76. The van der Waals surface area contributed by atoms with Gasteiger partial charge in [0.05, 0.1) is 12.3 Å². The van der Waals surface area contributed by atoms with Crippen molar-refractivity contribution in [2.45, 2.75) is 26.3 Å². The van der Waals surface area contributed by atoms with Crippen LogP contribution in [0.1, 0.15) is 18.4 Å². The van der Waals surface area contributed by atoms with Crippen molar-refractivity contribution in [3.8, 4) is 17.0 Å². The van der Waals surface area contributed by atoms with Crippen molar-refractivity contribution in [1.29, 1.82) is 0 Å². The molecule has 0 amide bonds. The molecule has 4 rings (SSSR count). The Morgan fingerprint density at radius 1 is 1.21 bits per heavy atom. The molecule has 154 valence electrons. The Balaban J connectivity index is 1.50. The van der Waals surface area contributed by atoms with Crippen LogP contribution < -0.4 is 0 Å². The van der Waals surface area contributed by atoms with Crippen molar-refractivity contribution in [3.05, 3.63) is 41.0 Å². The summed E-state index contributed by atoms with van der Waals surface area (Å²) < 4.78 is 7.39. The first-order valence-electron chi connectivity index (χ1n) is 10.1. The smallest absolute Gasteiger partial charge is 0.162 e. The predicted octanol–water partition coefficient (Wildman–Crippen LogP) is 4.12. The third-order valence-corrected chi connectivity index (χ3v) is 6.04. The van der Waals surface area contributed by atoms with Gasteiger partial charge in [0.1, 0.15) is 5.75 Å². The molecule has 1 saturated heterocycles. The van der Waals surface area contributed by atoms with Crippen LogP contribution in [-0.4, -0.2) is 58.1 Å². The molecule has 1 aliphatic heterocycles. The second-order valence-electron chi connectivity index (χ2n) is 7.87. The van der Waals surface area contributed by atoms with Crippen LogP contribution in [0, 0.1) is 12.8 Å². The number of ether oxygens (including phenoxy) is 1. The Morgan fingerprint density at radius 2 is 2.00 bits per heavy atom. The lowest BCUT2D eigenvalue weighted by atomic mass is 9.97. The standard InChI is InChI=1S/C22H27ClN4O2/c1-15-11-18(23)13-20(28)21(15)19-12-17-5-8-27(22(17)25-24-19)14-16-3-6-26(7-4-16)9-10-29-2/h5,8,11-13,16,28H,3-4,6-7,9-10,14H2,1-2H3. The van der Waals surface area contributed by atoms with Crippen molar-refractivity contribution < 1.29 is 9.84 Å². The molecule has 3 heterocycles. The molecule has 0 unspecified atom stereocenters. The fourth-order valence-corrected chi connectivity index (χ4v) is 4.47. The van der Waals surface area contributed by atoms with Crippen molar-refractivity contribution in [2.24, 2.45) is 5.92 Å². The summed E-state index contributed by atoms with van der Waals surface area (Å²) >= 11 is 6.03. The molecular weight excluding hydrogens is 388 g/mol. The highest BCUT2D eigenvalue weighted by atomic mass is 35.5. The first-order chi connectivity index (χ1) is 14.0. The van der Waals surface area contributed by atoms with Crippen molar-refractivity contribution in [3.63, 3.8) is 0 Å². The summed E-state index contributed by atoms with van der Waals surface area (Å²) in [5.74, 6) is 0.775. The molecule has 0 bridgehead atoms. The third kappa shape index (κ3) is 4.39. The molecule has 0 saturated carbocycles. The number of halogens is 1. The van der Waals surface area contributed by atoms with Gasteiger partial charge >= 0.3 is 0 Å². The van der Waals surface area contributed by atoms with Crippen molar-refractivity contribution in [2.75, 3.05) is 33.4 Å². The summed E-state index contributed by atoms with van der Waals surface area (Å²) in [6.45, 7) is 6.93. The number of rotatable bonds is 6. The van der Waals surface area contributed by atoms with E-state index in [-0.39, 0.29) is 5.75 Å². The third-order valence-electron chi connectivity index (χ3n) is 5.82. The normalized spacial score (nSPS) is 16.0. The summed E-state index contributed by atoms with van der Waals surface area (Å²) in [4.78, 5) is 2.47. The minimum atomic E-state index is 0.128. The van der Waals surface area contributed by atoms with Gasteiger partial charge in [0.15, 0.2) is 5.65 Å². The van der Waals surface area contributed by atoms with Gasteiger partial charge in [-0.15, -0.1) is 10.2 Å². The lowest BCUT2D eigenvalue weighted by Crippen LogP contribution is -2.36. The highest BCUT2D eigenvalue weighted by molar-refractivity contribution is 6.31. The van der Waals surface area contributed by atoms with E-state index in [9.17, 15) is 5.11 Å². The number of likely N-dealkylation sites (tertiary alicyclic amines) is 1. The maximum atomic E-state index is 10.3. The van der Waals surface area contributed by atoms with Gasteiger partial charge in [-0.05, 0) is 68.6 Å². The Hall–Kier alpha value is -2.15. The lowest BCUT2D eigenvalue weighted by Gasteiger charge is -2.31. The summed E-state index contributed by atoms with van der Waals surface area (Å²) in [5.41, 5.74) is 3.11. The first-order valence-corrected chi connectivity index (χ1v) is 10.5. The molecule has 0 aliphatic carbocycles. The van der Waals surface area contributed by atoms with Gasteiger partial charge in [0.25, 0.3) is 0 Å². The number of fused-ring (bicyclic) bond motifs is 1. The average Bonchev–Trinajstić information content (AvgIpc) is 3.09. The topological polar surface area (TPSA) is 63.4 Å². The van der Waals surface area contributed by atoms with E-state index in [2.05, 4.69) is 31.9 Å². The summed E-state index contributed by atoms with van der Waals surface area (Å²) in [5, 5.41) is 20.8. The fourth-order valence-electron chi connectivity index (χ4n) is 4.21. The number of piperidine rings is 1. The number of methoxy groups -OCH3 is 1. The van der Waals surface area contributed by atoms with Crippen LogP contribution >= 0.6 is 11.6 Å². The number of benzene rings is 1. The quantitative estimate of drug-likeness (QED) is 0.657. The van der Waals surface area contributed by atoms with Gasteiger partial charge < -0.3 is 19.3 Å². The van der Waals surface area contributed by atoms with E-state index in [0.717, 1.165) is 49.4 Å². The van der Waals surface area contributed by atoms with Gasteiger partial charge in [-0.25, -0.2) is 0 Å². The number of aromatic nitrogens is 3. The molecule has 1 aromatic carbocycles. The molecule has 0 atom stereocenters.